The smallest absolute Gasteiger partial charge is 0.339 e. The van der Waals surface area contributed by atoms with Gasteiger partial charge in [-0.25, -0.2) is 4.79 Å². The Bertz CT molecular complexity index is 774. The van der Waals surface area contributed by atoms with Gasteiger partial charge in [-0.1, -0.05) is 22.5 Å². The predicted molar refractivity (Wildman–Crippen MR) is 87.4 cm³/mol. The molecule has 0 aliphatic heterocycles. The van der Waals surface area contributed by atoms with E-state index in [1.54, 1.807) is 0 Å². The lowest BCUT2D eigenvalue weighted by atomic mass is 9.90. The summed E-state index contributed by atoms with van der Waals surface area (Å²) in [5.74, 6) is 0.724. The maximum Gasteiger partial charge on any atom is 0.339 e. The van der Waals surface area contributed by atoms with Gasteiger partial charge in [0, 0.05) is 21.0 Å². The molecule has 0 fully saturated rings. The highest BCUT2D eigenvalue weighted by Gasteiger charge is 2.19. The Kier molecular flexibility index (Phi) is 3.89. The van der Waals surface area contributed by atoms with Crippen LogP contribution in [0.25, 0.3) is 11.0 Å². The maximum absolute atomic E-state index is 12.2. The van der Waals surface area contributed by atoms with E-state index in [1.807, 2.05) is 19.1 Å². The molecule has 1 heterocycles. The summed E-state index contributed by atoms with van der Waals surface area (Å²) < 4.78 is 12.0. The van der Waals surface area contributed by atoms with Gasteiger partial charge in [0.15, 0.2) is 0 Å². The number of benzene rings is 1. The molecule has 0 saturated carbocycles. The molecule has 0 N–H and O–H groups in total. The lowest BCUT2D eigenvalue weighted by Gasteiger charge is -2.17. The van der Waals surface area contributed by atoms with E-state index >= 15 is 0 Å². The van der Waals surface area contributed by atoms with E-state index in [-0.39, 0.29) is 5.63 Å². The molecular formula is C17H17BrO3. The first-order valence-electron chi connectivity index (χ1n) is 7.12. The zero-order valence-electron chi connectivity index (χ0n) is 12.0. The van der Waals surface area contributed by atoms with E-state index in [0.717, 1.165) is 58.0 Å². The Morgan fingerprint density at radius 3 is 2.76 bits per heavy atom. The maximum atomic E-state index is 12.2. The van der Waals surface area contributed by atoms with Gasteiger partial charge in [-0.2, -0.15) is 0 Å². The third-order valence-corrected chi connectivity index (χ3v) is 4.20. The van der Waals surface area contributed by atoms with E-state index in [4.69, 9.17) is 9.15 Å². The van der Waals surface area contributed by atoms with Gasteiger partial charge in [0.05, 0.1) is 0 Å². The Balaban J connectivity index is 2.16. The highest BCUT2D eigenvalue weighted by Crippen LogP contribution is 2.32. The molecule has 0 amide bonds. The Hall–Kier alpha value is -1.55. The van der Waals surface area contributed by atoms with Crippen molar-refractivity contribution in [2.75, 3.05) is 6.61 Å². The standard InChI is InChI=1S/C17H17BrO3/c1-10(18)9-20-15-8-7-13-12-5-3-4-6-14(12)17(19)21-16(13)11(15)2/h7-8H,1,3-6,9H2,2H3. The number of halogens is 1. The summed E-state index contributed by atoms with van der Waals surface area (Å²) >= 11 is 3.27. The van der Waals surface area contributed by atoms with Crippen molar-refractivity contribution in [1.82, 2.24) is 0 Å². The SMILES string of the molecule is C=C(Br)COc1ccc2c3c(c(=O)oc2c1C)CCCC3. The highest BCUT2D eigenvalue weighted by atomic mass is 79.9. The average Bonchev–Trinajstić information content (AvgIpc) is 2.47. The molecule has 0 saturated heterocycles. The molecule has 21 heavy (non-hydrogen) atoms. The van der Waals surface area contributed by atoms with Crippen LogP contribution in [0.4, 0.5) is 0 Å². The predicted octanol–water partition coefficient (Wildman–Crippen LogP) is 4.27. The minimum Gasteiger partial charge on any atom is -0.488 e. The van der Waals surface area contributed by atoms with Crippen LogP contribution in [0.5, 0.6) is 5.75 Å². The van der Waals surface area contributed by atoms with Crippen molar-refractivity contribution >= 4 is 26.9 Å². The molecule has 0 radical (unpaired) electrons. The number of hydrogen-bond acceptors (Lipinski definition) is 3. The molecule has 1 aromatic heterocycles. The van der Waals surface area contributed by atoms with Crippen LogP contribution < -0.4 is 10.4 Å². The first kappa shape index (κ1) is 14.4. The molecule has 0 unspecified atom stereocenters. The first-order valence-corrected chi connectivity index (χ1v) is 7.91. The summed E-state index contributed by atoms with van der Waals surface area (Å²) in [7, 11) is 0. The monoisotopic (exact) mass is 348 g/mol. The van der Waals surface area contributed by atoms with Gasteiger partial charge >= 0.3 is 5.63 Å². The van der Waals surface area contributed by atoms with E-state index in [0.29, 0.717) is 12.2 Å². The summed E-state index contributed by atoms with van der Waals surface area (Å²) in [5.41, 5.74) is 3.34. The van der Waals surface area contributed by atoms with Crippen LogP contribution in [0.15, 0.2) is 32.4 Å². The van der Waals surface area contributed by atoms with Crippen LogP contribution in [-0.2, 0) is 12.8 Å². The second kappa shape index (κ2) is 5.68. The summed E-state index contributed by atoms with van der Waals surface area (Å²) in [4.78, 5) is 12.2. The minimum atomic E-state index is -0.192. The minimum absolute atomic E-state index is 0.192. The second-order valence-electron chi connectivity index (χ2n) is 5.43. The number of fused-ring (bicyclic) bond motifs is 3. The van der Waals surface area contributed by atoms with E-state index < -0.39 is 0 Å². The van der Waals surface area contributed by atoms with Crippen LogP contribution in [0.2, 0.25) is 0 Å². The number of ether oxygens (including phenoxy) is 1. The van der Waals surface area contributed by atoms with E-state index in [1.165, 1.54) is 0 Å². The van der Waals surface area contributed by atoms with Crippen LogP contribution >= 0.6 is 15.9 Å². The molecule has 110 valence electrons. The van der Waals surface area contributed by atoms with Crippen molar-refractivity contribution < 1.29 is 9.15 Å². The van der Waals surface area contributed by atoms with Crippen LogP contribution in [0.3, 0.4) is 0 Å². The molecular weight excluding hydrogens is 332 g/mol. The van der Waals surface area contributed by atoms with Crippen molar-refractivity contribution in [3.63, 3.8) is 0 Å². The first-order chi connectivity index (χ1) is 10.1. The lowest BCUT2D eigenvalue weighted by molar-refractivity contribution is 0.358. The zero-order chi connectivity index (χ0) is 15.0. The Labute approximate surface area is 131 Å². The molecule has 3 rings (SSSR count). The van der Waals surface area contributed by atoms with Crippen molar-refractivity contribution in [2.45, 2.75) is 32.6 Å². The second-order valence-corrected chi connectivity index (χ2v) is 6.55. The van der Waals surface area contributed by atoms with Crippen LogP contribution in [-0.4, -0.2) is 6.61 Å². The van der Waals surface area contributed by atoms with Crippen molar-refractivity contribution in [3.8, 4) is 5.75 Å². The summed E-state index contributed by atoms with van der Waals surface area (Å²) in [6.07, 6.45) is 3.98. The molecule has 0 bridgehead atoms. The third kappa shape index (κ3) is 2.64. The Morgan fingerprint density at radius 2 is 2.05 bits per heavy atom. The van der Waals surface area contributed by atoms with Crippen LogP contribution in [0, 0.1) is 6.92 Å². The topological polar surface area (TPSA) is 39.4 Å². The summed E-state index contributed by atoms with van der Waals surface area (Å²) in [6.45, 7) is 6.07. The molecule has 1 aliphatic rings. The number of aryl methyl sites for hydroxylation is 2. The molecule has 4 heteroatoms. The molecule has 0 atom stereocenters. The molecule has 1 aromatic carbocycles. The van der Waals surface area contributed by atoms with Gasteiger partial charge in [0.1, 0.15) is 17.9 Å². The fourth-order valence-electron chi connectivity index (χ4n) is 2.94. The molecule has 1 aliphatic carbocycles. The van der Waals surface area contributed by atoms with Crippen molar-refractivity contribution in [2.24, 2.45) is 0 Å². The van der Waals surface area contributed by atoms with Gasteiger partial charge in [0.2, 0.25) is 0 Å². The van der Waals surface area contributed by atoms with Crippen molar-refractivity contribution in [1.29, 1.82) is 0 Å². The normalized spacial score (nSPS) is 14.0. The zero-order valence-corrected chi connectivity index (χ0v) is 13.6. The summed E-state index contributed by atoms with van der Waals surface area (Å²) in [5, 5.41) is 1.05. The van der Waals surface area contributed by atoms with Crippen LogP contribution in [0.1, 0.15) is 29.5 Å². The Morgan fingerprint density at radius 1 is 1.33 bits per heavy atom. The lowest BCUT2D eigenvalue weighted by Crippen LogP contribution is -2.16. The van der Waals surface area contributed by atoms with Crippen molar-refractivity contribution in [3.05, 3.63) is 50.3 Å². The molecule has 3 nitrogen and oxygen atoms in total. The number of hydrogen-bond donors (Lipinski definition) is 0. The third-order valence-electron chi connectivity index (χ3n) is 3.97. The van der Waals surface area contributed by atoms with Gasteiger partial charge in [-0.3, -0.25) is 0 Å². The molecule has 0 spiro atoms. The quantitative estimate of drug-likeness (QED) is 0.777. The highest BCUT2D eigenvalue weighted by molar-refractivity contribution is 9.11. The fraction of sp³-hybridized carbons (Fsp3) is 0.353. The molecule has 2 aromatic rings. The van der Waals surface area contributed by atoms with Gasteiger partial charge in [-0.15, -0.1) is 0 Å². The van der Waals surface area contributed by atoms with E-state index in [2.05, 4.69) is 22.5 Å². The van der Waals surface area contributed by atoms with Gasteiger partial charge in [0.25, 0.3) is 0 Å². The fourth-order valence-corrected chi connectivity index (χ4v) is 3.05. The average molecular weight is 349 g/mol. The van der Waals surface area contributed by atoms with E-state index in [9.17, 15) is 4.79 Å². The number of rotatable bonds is 3. The largest absolute Gasteiger partial charge is 0.488 e. The van der Waals surface area contributed by atoms with Gasteiger partial charge < -0.3 is 9.15 Å². The van der Waals surface area contributed by atoms with Gasteiger partial charge in [-0.05, 0) is 50.3 Å². The summed E-state index contributed by atoms with van der Waals surface area (Å²) in [6, 6.07) is 3.95.